The van der Waals surface area contributed by atoms with Crippen LogP contribution in [0, 0.1) is 24.0 Å². The van der Waals surface area contributed by atoms with Gasteiger partial charge in [-0.3, -0.25) is 24.6 Å². The predicted octanol–water partition coefficient (Wildman–Crippen LogP) is 3.28. The molecule has 3 aromatic rings. The number of aliphatic hydroxyl groups excluding tert-OH is 1. The van der Waals surface area contributed by atoms with Gasteiger partial charge < -0.3 is 9.52 Å². The Morgan fingerprint density at radius 1 is 1.30 bits per heavy atom. The molecule has 1 unspecified atom stereocenters. The number of carbonyl (C=O) groups is 2. The quantitative estimate of drug-likeness (QED) is 0.220. The van der Waals surface area contributed by atoms with Crippen LogP contribution in [0.15, 0.2) is 45.8 Å². The molecule has 0 saturated carbocycles. The molecule has 0 spiro atoms. The number of furan rings is 1. The van der Waals surface area contributed by atoms with Gasteiger partial charge in [-0.05, 0) is 25.5 Å². The molecule has 1 fully saturated rings. The van der Waals surface area contributed by atoms with Crippen molar-refractivity contribution < 1.29 is 24.0 Å². The number of Topliss-reactive ketones (excluding diaryl/α,β-unsaturated/α-hetero) is 1. The van der Waals surface area contributed by atoms with E-state index >= 15 is 0 Å². The molecule has 2 aromatic heterocycles. The Hall–Kier alpha value is -3.86. The third kappa shape index (κ3) is 3.05. The molecule has 4 rings (SSSR count). The molecule has 3 heterocycles. The average molecular weight is 426 g/mol. The first-order chi connectivity index (χ1) is 14.3. The number of hydrogen-bond acceptors (Lipinski definition) is 9. The van der Waals surface area contributed by atoms with E-state index in [4.69, 9.17) is 4.42 Å². The number of ketones is 1. The lowest BCUT2D eigenvalue weighted by Crippen LogP contribution is -2.29. The van der Waals surface area contributed by atoms with Crippen LogP contribution in [0.25, 0.3) is 5.76 Å². The normalized spacial score (nSPS) is 18.2. The van der Waals surface area contributed by atoms with Crippen molar-refractivity contribution in [1.29, 1.82) is 0 Å². The molecule has 1 atom stereocenters. The van der Waals surface area contributed by atoms with Gasteiger partial charge in [-0.2, -0.15) is 0 Å². The van der Waals surface area contributed by atoms with Gasteiger partial charge in [-0.15, -0.1) is 10.2 Å². The fourth-order valence-electron chi connectivity index (χ4n) is 3.44. The number of carbonyl (C=O) groups excluding carboxylic acids is 2. The van der Waals surface area contributed by atoms with Gasteiger partial charge >= 0.3 is 5.91 Å². The Balaban J connectivity index is 1.98. The zero-order valence-corrected chi connectivity index (χ0v) is 16.5. The van der Waals surface area contributed by atoms with E-state index in [9.17, 15) is 24.8 Å². The molecule has 1 aromatic carbocycles. The largest absolute Gasteiger partial charge is 0.507 e. The number of nitrogens with zero attached hydrogens (tertiary/aromatic N) is 4. The highest BCUT2D eigenvalue weighted by Crippen LogP contribution is 2.43. The van der Waals surface area contributed by atoms with Gasteiger partial charge in [0.1, 0.15) is 22.8 Å². The lowest BCUT2D eigenvalue weighted by Gasteiger charge is -2.22. The van der Waals surface area contributed by atoms with Crippen LogP contribution < -0.4 is 4.90 Å². The van der Waals surface area contributed by atoms with Gasteiger partial charge in [0.15, 0.2) is 0 Å². The van der Waals surface area contributed by atoms with E-state index in [2.05, 4.69) is 10.2 Å². The van der Waals surface area contributed by atoms with Crippen LogP contribution in [-0.2, 0) is 9.59 Å². The zero-order valence-electron chi connectivity index (χ0n) is 15.7. The number of nitro benzene ring substituents is 1. The Bertz CT molecular complexity index is 1210. The maximum atomic E-state index is 12.9. The first kappa shape index (κ1) is 19.5. The Labute approximate surface area is 173 Å². The molecule has 0 aliphatic carbocycles. The van der Waals surface area contributed by atoms with Crippen LogP contribution in [0.1, 0.15) is 28.7 Å². The highest BCUT2D eigenvalue weighted by atomic mass is 32.1. The second kappa shape index (κ2) is 7.19. The second-order valence-corrected chi connectivity index (χ2v) is 7.38. The zero-order chi connectivity index (χ0) is 21.6. The smallest absolute Gasteiger partial charge is 0.301 e. The van der Waals surface area contributed by atoms with Crippen molar-refractivity contribution in [2.45, 2.75) is 19.9 Å². The average Bonchev–Trinajstić information content (AvgIpc) is 3.41. The number of aromatic nitrogens is 2. The van der Waals surface area contributed by atoms with Gasteiger partial charge in [0.25, 0.3) is 11.5 Å². The Kier molecular flexibility index (Phi) is 4.66. The topological polar surface area (TPSA) is 140 Å². The molecule has 1 N–H and O–H groups in total. The number of anilines is 1. The number of nitro groups is 1. The van der Waals surface area contributed by atoms with E-state index in [1.807, 2.05) is 0 Å². The molecule has 10 nitrogen and oxygen atoms in total. The van der Waals surface area contributed by atoms with Gasteiger partial charge in [0.05, 0.1) is 22.1 Å². The molecular weight excluding hydrogens is 412 g/mol. The van der Waals surface area contributed by atoms with Crippen LogP contribution in [-0.4, -0.2) is 31.9 Å². The minimum absolute atomic E-state index is 0.132. The molecule has 11 heteroatoms. The Morgan fingerprint density at radius 3 is 2.67 bits per heavy atom. The van der Waals surface area contributed by atoms with Crippen LogP contribution >= 0.6 is 11.3 Å². The number of benzene rings is 1. The molecule has 1 saturated heterocycles. The van der Waals surface area contributed by atoms with Gasteiger partial charge in [0.2, 0.25) is 5.13 Å². The summed E-state index contributed by atoms with van der Waals surface area (Å²) in [6, 6.07) is 5.97. The third-order valence-corrected chi connectivity index (χ3v) is 5.38. The van der Waals surface area contributed by atoms with Crippen molar-refractivity contribution in [2.24, 2.45) is 0 Å². The summed E-state index contributed by atoms with van der Waals surface area (Å²) in [7, 11) is 0. The summed E-state index contributed by atoms with van der Waals surface area (Å²) >= 11 is 1.03. The number of non-ortho nitro benzene ring substituents is 1. The van der Waals surface area contributed by atoms with E-state index in [1.54, 1.807) is 26.0 Å². The van der Waals surface area contributed by atoms with Gasteiger partial charge in [0, 0.05) is 12.1 Å². The summed E-state index contributed by atoms with van der Waals surface area (Å²) in [6.45, 7) is 3.30. The van der Waals surface area contributed by atoms with E-state index in [-0.39, 0.29) is 27.5 Å². The molecule has 30 heavy (non-hydrogen) atoms. The van der Waals surface area contributed by atoms with Crippen LogP contribution in [0.4, 0.5) is 10.8 Å². The van der Waals surface area contributed by atoms with Crippen molar-refractivity contribution in [3.63, 3.8) is 0 Å². The van der Waals surface area contributed by atoms with Crippen molar-refractivity contribution in [3.05, 3.63) is 74.2 Å². The maximum absolute atomic E-state index is 12.9. The van der Waals surface area contributed by atoms with Crippen molar-refractivity contribution in [3.8, 4) is 0 Å². The molecular formula is C19H14N4O6S. The minimum Gasteiger partial charge on any atom is -0.507 e. The number of amides is 1. The number of rotatable bonds is 4. The number of aryl methyl sites for hydroxylation is 2. The van der Waals surface area contributed by atoms with Crippen LogP contribution in [0.3, 0.4) is 0 Å². The number of aliphatic hydroxyl groups is 1. The fraction of sp³-hybridized carbons (Fsp3) is 0.158. The SMILES string of the molecule is Cc1cc(/C(O)=C2\C(=O)C(=O)N(c3nncs3)C2c2cccc([N+](=O)[O-])c2)c(C)o1. The predicted molar refractivity (Wildman–Crippen MR) is 106 cm³/mol. The summed E-state index contributed by atoms with van der Waals surface area (Å²) in [5.74, 6) is -1.39. The molecule has 152 valence electrons. The van der Waals surface area contributed by atoms with E-state index in [0.717, 1.165) is 16.2 Å². The van der Waals surface area contributed by atoms with Crippen LogP contribution in [0.5, 0.6) is 0 Å². The lowest BCUT2D eigenvalue weighted by molar-refractivity contribution is -0.384. The van der Waals surface area contributed by atoms with Crippen molar-refractivity contribution >= 4 is 39.6 Å². The standard InChI is InChI=1S/C19H14N4O6S/c1-9-6-13(10(2)29-9)16(24)14-15(11-4-3-5-12(7-11)23(27)28)22(18(26)17(14)25)19-21-20-8-30-19/h3-8,15,24H,1-2H3/b16-14+. The summed E-state index contributed by atoms with van der Waals surface area (Å²) < 4.78 is 5.43. The third-order valence-electron chi connectivity index (χ3n) is 4.69. The monoisotopic (exact) mass is 426 g/mol. The summed E-state index contributed by atoms with van der Waals surface area (Å²) in [6.07, 6.45) is 0. The van der Waals surface area contributed by atoms with E-state index in [0.29, 0.717) is 11.5 Å². The van der Waals surface area contributed by atoms with Crippen molar-refractivity contribution in [2.75, 3.05) is 4.90 Å². The summed E-state index contributed by atoms with van der Waals surface area (Å²) in [5, 5.41) is 29.9. The lowest BCUT2D eigenvalue weighted by atomic mass is 9.95. The van der Waals surface area contributed by atoms with Crippen molar-refractivity contribution in [1.82, 2.24) is 10.2 Å². The number of hydrogen-bond donors (Lipinski definition) is 1. The molecule has 1 aliphatic rings. The first-order valence-electron chi connectivity index (χ1n) is 8.68. The highest BCUT2D eigenvalue weighted by Gasteiger charge is 2.48. The van der Waals surface area contributed by atoms with E-state index < -0.39 is 28.4 Å². The fourth-order valence-corrected chi connectivity index (χ4v) is 4.02. The van der Waals surface area contributed by atoms with E-state index in [1.165, 1.54) is 23.7 Å². The first-order valence-corrected chi connectivity index (χ1v) is 9.56. The molecule has 0 radical (unpaired) electrons. The second-order valence-electron chi connectivity index (χ2n) is 6.57. The molecule has 1 amide bonds. The molecule has 0 bridgehead atoms. The van der Waals surface area contributed by atoms with Crippen LogP contribution in [0.2, 0.25) is 0 Å². The highest BCUT2D eigenvalue weighted by molar-refractivity contribution is 7.13. The summed E-state index contributed by atoms with van der Waals surface area (Å²) in [5.41, 5.74) is 1.50. The Morgan fingerprint density at radius 2 is 2.07 bits per heavy atom. The van der Waals surface area contributed by atoms with Gasteiger partial charge in [-0.1, -0.05) is 23.5 Å². The minimum atomic E-state index is -1.12. The maximum Gasteiger partial charge on any atom is 0.301 e. The summed E-state index contributed by atoms with van der Waals surface area (Å²) in [4.78, 5) is 37.6. The molecule has 1 aliphatic heterocycles. The van der Waals surface area contributed by atoms with Gasteiger partial charge in [-0.25, -0.2) is 0 Å².